The highest BCUT2D eigenvalue weighted by Crippen LogP contribution is 2.20. The Morgan fingerprint density at radius 1 is 0.939 bits per heavy atom. The fourth-order valence-corrected chi connectivity index (χ4v) is 4.10. The number of hydrogen-bond donors (Lipinski definition) is 1. The molecule has 0 aliphatic heterocycles. The van der Waals surface area contributed by atoms with E-state index in [9.17, 15) is 4.79 Å². The summed E-state index contributed by atoms with van der Waals surface area (Å²) < 4.78 is 8.23. The molecule has 0 atom stereocenters. The smallest absolute Gasteiger partial charge is 0.251 e. The van der Waals surface area contributed by atoms with Crippen molar-refractivity contribution in [2.45, 2.75) is 47.2 Å². The number of nitrogens with one attached hydrogen (secondary N) is 1. The first-order valence-corrected chi connectivity index (χ1v) is 11.4. The molecule has 0 aliphatic carbocycles. The van der Waals surface area contributed by atoms with Crippen LogP contribution in [0.4, 0.5) is 0 Å². The van der Waals surface area contributed by atoms with E-state index in [-0.39, 0.29) is 5.91 Å². The minimum absolute atomic E-state index is 0.0793. The molecule has 33 heavy (non-hydrogen) atoms. The fourth-order valence-electron chi connectivity index (χ4n) is 4.10. The van der Waals surface area contributed by atoms with E-state index >= 15 is 0 Å². The Kier molecular flexibility index (Phi) is 6.78. The van der Waals surface area contributed by atoms with Crippen LogP contribution in [0.25, 0.3) is 11.0 Å². The van der Waals surface area contributed by atoms with Crippen LogP contribution in [0, 0.1) is 27.7 Å². The molecule has 1 amide bonds. The van der Waals surface area contributed by atoms with Crippen LogP contribution in [-0.2, 0) is 13.1 Å². The molecule has 0 saturated carbocycles. The average molecular weight is 442 g/mol. The zero-order valence-electron chi connectivity index (χ0n) is 19.8. The van der Waals surface area contributed by atoms with Gasteiger partial charge < -0.3 is 14.6 Å². The van der Waals surface area contributed by atoms with Gasteiger partial charge in [0.05, 0.1) is 24.2 Å². The second-order valence-electron chi connectivity index (χ2n) is 8.64. The minimum Gasteiger partial charge on any atom is -0.493 e. The molecule has 0 fully saturated rings. The predicted molar refractivity (Wildman–Crippen MR) is 133 cm³/mol. The van der Waals surface area contributed by atoms with Gasteiger partial charge in [0.1, 0.15) is 11.6 Å². The minimum atomic E-state index is -0.0793. The lowest BCUT2D eigenvalue weighted by atomic mass is 10.1. The number of aromatic nitrogens is 2. The molecule has 170 valence electrons. The molecule has 4 aromatic rings. The van der Waals surface area contributed by atoms with Crippen molar-refractivity contribution in [3.8, 4) is 5.75 Å². The van der Waals surface area contributed by atoms with Gasteiger partial charge in [-0.1, -0.05) is 42.0 Å². The highest BCUT2D eigenvalue weighted by atomic mass is 16.5. The summed E-state index contributed by atoms with van der Waals surface area (Å²) in [6, 6.07) is 20.2. The van der Waals surface area contributed by atoms with Gasteiger partial charge in [0.25, 0.3) is 5.91 Å². The topological polar surface area (TPSA) is 56.2 Å². The number of ether oxygens (including phenoxy) is 1. The second-order valence-corrected chi connectivity index (χ2v) is 8.64. The van der Waals surface area contributed by atoms with Crippen molar-refractivity contribution in [3.63, 3.8) is 0 Å². The maximum atomic E-state index is 12.8. The molecule has 4 rings (SSSR count). The molecule has 5 nitrogen and oxygen atoms in total. The summed E-state index contributed by atoms with van der Waals surface area (Å²) in [5.41, 5.74) is 7.16. The van der Waals surface area contributed by atoms with Crippen LogP contribution in [0.5, 0.6) is 5.75 Å². The van der Waals surface area contributed by atoms with Crippen molar-refractivity contribution in [2.24, 2.45) is 0 Å². The molecule has 0 radical (unpaired) electrons. The van der Waals surface area contributed by atoms with Crippen LogP contribution in [0.1, 0.15) is 44.9 Å². The molecule has 0 spiro atoms. The number of amides is 1. The number of imidazole rings is 1. The van der Waals surface area contributed by atoms with E-state index in [0.717, 1.165) is 52.3 Å². The Hall–Kier alpha value is -3.60. The van der Waals surface area contributed by atoms with Gasteiger partial charge >= 0.3 is 0 Å². The number of aryl methyl sites for hydroxylation is 5. The van der Waals surface area contributed by atoms with E-state index in [2.05, 4.69) is 48.0 Å². The number of carbonyl (C=O) groups excluding carboxylic acids is 1. The maximum Gasteiger partial charge on any atom is 0.251 e. The second kappa shape index (κ2) is 9.90. The lowest BCUT2D eigenvalue weighted by molar-refractivity contribution is 0.0949. The van der Waals surface area contributed by atoms with Gasteiger partial charge in [0, 0.05) is 12.1 Å². The third kappa shape index (κ3) is 5.25. The Bertz CT molecular complexity index is 1290. The van der Waals surface area contributed by atoms with Gasteiger partial charge in [0.2, 0.25) is 0 Å². The zero-order chi connectivity index (χ0) is 23.4. The molecule has 0 unspecified atom stereocenters. The van der Waals surface area contributed by atoms with E-state index in [4.69, 9.17) is 9.72 Å². The van der Waals surface area contributed by atoms with Crippen molar-refractivity contribution in [1.82, 2.24) is 14.9 Å². The Morgan fingerprint density at radius 3 is 2.52 bits per heavy atom. The van der Waals surface area contributed by atoms with E-state index in [0.29, 0.717) is 18.7 Å². The van der Waals surface area contributed by atoms with Crippen LogP contribution < -0.4 is 10.1 Å². The number of hydrogen-bond acceptors (Lipinski definition) is 3. The van der Waals surface area contributed by atoms with Crippen molar-refractivity contribution in [1.29, 1.82) is 0 Å². The molecule has 1 heterocycles. The molecule has 1 N–H and O–H groups in total. The summed E-state index contributed by atoms with van der Waals surface area (Å²) >= 11 is 0. The first-order valence-electron chi connectivity index (χ1n) is 11.4. The molecular weight excluding hydrogens is 410 g/mol. The van der Waals surface area contributed by atoms with Gasteiger partial charge in [-0.15, -0.1) is 0 Å². The van der Waals surface area contributed by atoms with Gasteiger partial charge in [-0.25, -0.2) is 4.98 Å². The van der Waals surface area contributed by atoms with Gasteiger partial charge in [0.15, 0.2) is 0 Å². The van der Waals surface area contributed by atoms with Crippen LogP contribution in [-0.4, -0.2) is 22.1 Å². The summed E-state index contributed by atoms with van der Waals surface area (Å²) in [4.78, 5) is 17.6. The Morgan fingerprint density at radius 2 is 1.70 bits per heavy atom. The standard InChI is InChI=1S/C28H31N3O2/c1-19-11-13-23(22(4)16-19)28(32)29-18-27-30-24-8-5-6-9-25(24)31(27)14-7-15-33-26-17-20(2)10-12-21(26)3/h5-6,8-13,16-17H,7,14-15,18H2,1-4H3,(H,29,32). The SMILES string of the molecule is Cc1ccc(C(=O)NCc2nc3ccccc3n2CCCOc2cc(C)ccc2C)c(C)c1. The maximum absolute atomic E-state index is 12.8. The number of rotatable bonds is 8. The quantitative estimate of drug-likeness (QED) is 0.359. The van der Waals surface area contributed by atoms with Crippen molar-refractivity contribution in [3.05, 3.63) is 94.3 Å². The number of carbonyl (C=O) groups is 1. The van der Waals surface area contributed by atoms with Crippen molar-refractivity contribution in [2.75, 3.05) is 6.61 Å². The largest absolute Gasteiger partial charge is 0.493 e. The zero-order valence-corrected chi connectivity index (χ0v) is 19.8. The first kappa shape index (κ1) is 22.6. The summed E-state index contributed by atoms with van der Waals surface area (Å²) in [7, 11) is 0. The monoisotopic (exact) mass is 441 g/mol. The highest BCUT2D eigenvalue weighted by Gasteiger charge is 2.14. The molecule has 1 aromatic heterocycles. The summed E-state index contributed by atoms with van der Waals surface area (Å²) in [5, 5.41) is 3.05. The normalized spacial score (nSPS) is 11.0. The van der Waals surface area contributed by atoms with Crippen molar-refractivity contribution >= 4 is 16.9 Å². The Balaban J connectivity index is 1.45. The number of nitrogens with zero attached hydrogens (tertiary/aromatic N) is 2. The highest BCUT2D eigenvalue weighted by molar-refractivity contribution is 5.95. The average Bonchev–Trinajstić information content (AvgIpc) is 3.14. The lowest BCUT2D eigenvalue weighted by Crippen LogP contribution is -2.25. The number of para-hydroxylation sites is 2. The fraction of sp³-hybridized carbons (Fsp3) is 0.286. The molecule has 3 aromatic carbocycles. The van der Waals surface area contributed by atoms with Gasteiger partial charge in [-0.3, -0.25) is 4.79 Å². The van der Waals surface area contributed by atoms with Crippen LogP contribution >= 0.6 is 0 Å². The summed E-state index contributed by atoms with van der Waals surface area (Å²) in [6.45, 7) is 9.88. The molecule has 0 saturated heterocycles. The first-order chi connectivity index (χ1) is 15.9. The third-order valence-electron chi connectivity index (χ3n) is 5.89. The molecule has 0 bridgehead atoms. The molecular formula is C28H31N3O2. The lowest BCUT2D eigenvalue weighted by Gasteiger charge is -2.13. The van der Waals surface area contributed by atoms with Crippen LogP contribution in [0.2, 0.25) is 0 Å². The summed E-state index contributed by atoms with van der Waals surface area (Å²) in [5.74, 6) is 1.71. The van der Waals surface area contributed by atoms with E-state index < -0.39 is 0 Å². The van der Waals surface area contributed by atoms with E-state index in [1.54, 1.807) is 0 Å². The predicted octanol–water partition coefficient (Wildman–Crippen LogP) is 5.67. The molecule has 0 aliphatic rings. The van der Waals surface area contributed by atoms with Gasteiger partial charge in [-0.2, -0.15) is 0 Å². The number of benzene rings is 3. The van der Waals surface area contributed by atoms with Crippen LogP contribution in [0.15, 0.2) is 60.7 Å². The van der Waals surface area contributed by atoms with Crippen LogP contribution in [0.3, 0.4) is 0 Å². The van der Waals surface area contributed by atoms with E-state index in [1.807, 2.05) is 50.2 Å². The van der Waals surface area contributed by atoms with Gasteiger partial charge in [-0.05, 0) is 75.1 Å². The summed E-state index contributed by atoms with van der Waals surface area (Å²) in [6.07, 6.45) is 0.839. The van der Waals surface area contributed by atoms with Crippen molar-refractivity contribution < 1.29 is 9.53 Å². The Labute approximate surface area is 195 Å². The number of fused-ring (bicyclic) bond motifs is 1. The molecule has 5 heteroatoms. The third-order valence-corrected chi connectivity index (χ3v) is 5.89. The van der Waals surface area contributed by atoms with E-state index in [1.165, 1.54) is 5.56 Å².